The summed E-state index contributed by atoms with van der Waals surface area (Å²) >= 11 is 5.94. The van der Waals surface area contributed by atoms with Crippen LogP contribution in [0.3, 0.4) is 0 Å². The van der Waals surface area contributed by atoms with Gasteiger partial charge in [-0.05, 0) is 25.0 Å². The fraction of sp³-hybridized carbons (Fsp3) is 0.533. The maximum atomic E-state index is 12.1. The number of anilines is 1. The van der Waals surface area contributed by atoms with Crippen molar-refractivity contribution < 1.29 is 9.59 Å². The maximum Gasteiger partial charge on any atom is 0.251 e. The molecule has 0 radical (unpaired) electrons. The van der Waals surface area contributed by atoms with Gasteiger partial charge in [0.1, 0.15) is 11.0 Å². The van der Waals surface area contributed by atoms with Crippen molar-refractivity contribution in [2.24, 2.45) is 0 Å². The third kappa shape index (κ3) is 4.34. The van der Waals surface area contributed by atoms with Crippen LogP contribution >= 0.6 is 11.6 Å². The highest BCUT2D eigenvalue weighted by Crippen LogP contribution is 2.16. The molecule has 0 spiro atoms. The second-order valence-corrected chi connectivity index (χ2v) is 5.91. The summed E-state index contributed by atoms with van der Waals surface area (Å²) in [6, 6.07) is 3.25. The van der Waals surface area contributed by atoms with E-state index in [2.05, 4.69) is 10.3 Å². The number of halogens is 1. The van der Waals surface area contributed by atoms with Crippen molar-refractivity contribution in [1.29, 1.82) is 0 Å². The number of hydrogen-bond donors (Lipinski definition) is 1. The van der Waals surface area contributed by atoms with E-state index >= 15 is 0 Å². The molecule has 2 heterocycles. The van der Waals surface area contributed by atoms with Crippen LogP contribution in [0.4, 0.5) is 5.82 Å². The van der Waals surface area contributed by atoms with Crippen LogP contribution in [0.15, 0.2) is 12.1 Å². The molecule has 6 nitrogen and oxygen atoms in total. The number of amides is 2. The molecular weight excluding hydrogens is 304 g/mol. The van der Waals surface area contributed by atoms with Crippen molar-refractivity contribution >= 4 is 29.2 Å². The monoisotopic (exact) mass is 324 g/mol. The van der Waals surface area contributed by atoms with Crippen molar-refractivity contribution in [3.8, 4) is 0 Å². The predicted octanol–water partition coefficient (Wildman–Crippen LogP) is 1.54. The summed E-state index contributed by atoms with van der Waals surface area (Å²) in [5, 5.41) is 3.14. The van der Waals surface area contributed by atoms with Gasteiger partial charge in [0.2, 0.25) is 5.91 Å². The van der Waals surface area contributed by atoms with Crippen LogP contribution in [0.2, 0.25) is 5.15 Å². The molecule has 7 heteroatoms. The Morgan fingerprint density at radius 2 is 2.23 bits per heavy atom. The Morgan fingerprint density at radius 3 is 2.86 bits per heavy atom. The Morgan fingerprint density at radius 1 is 1.45 bits per heavy atom. The second-order valence-electron chi connectivity index (χ2n) is 5.52. The largest absolute Gasteiger partial charge is 0.363 e. The molecule has 1 aliphatic heterocycles. The molecule has 1 aliphatic rings. The van der Waals surface area contributed by atoms with Gasteiger partial charge in [0, 0.05) is 45.7 Å². The first-order chi connectivity index (χ1) is 10.5. The molecule has 1 N–H and O–H groups in total. The number of aromatic nitrogens is 1. The highest BCUT2D eigenvalue weighted by Gasteiger charge is 2.19. The zero-order valence-corrected chi connectivity index (χ0v) is 13.7. The van der Waals surface area contributed by atoms with Crippen molar-refractivity contribution in [2.75, 3.05) is 38.6 Å². The smallest absolute Gasteiger partial charge is 0.251 e. The molecule has 0 bridgehead atoms. The van der Waals surface area contributed by atoms with E-state index in [1.807, 2.05) is 19.0 Å². The summed E-state index contributed by atoms with van der Waals surface area (Å²) in [6.45, 7) is 2.05. The lowest BCUT2D eigenvalue weighted by Crippen LogP contribution is -2.30. The van der Waals surface area contributed by atoms with Gasteiger partial charge < -0.3 is 15.1 Å². The summed E-state index contributed by atoms with van der Waals surface area (Å²) in [4.78, 5) is 31.4. The number of pyridine rings is 1. The number of hydrogen-bond acceptors (Lipinski definition) is 4. The second kappa shape index (κ2) is 7.45. The Balaban J connectivity index is 1.83. The van der Waals surface area contributed by atoms with E-state index in [1.54, 1.807) is 17.0 Å². The van der Waals surface area contributed by atoms with Crippen LogP contribution in [-0.4, -0.2) is 55.4 Å². The first-order valence-corrected chi connectivity index (χ1v) is 7.76. The summed E-state index contributed by atoms with van der Waals surface area (Å²) in [7, 11) is 3.68. The van der Waals surface area contributed by atoms with Crippen molar-refractivity contribution in [1.82, 2.24) is 15.2 Å². The van der Waals surface area contributed by atoms with E-state index in [-0.39, 0.29) is 11.8 Å². The molecule has 2 rings (SSSR count). The molecule has 0 aliphatic carbocycles. The zero-order valence-electron chi connectivity index (χ0n) is 12.9. The van der Waals surface area contributed by atoms with Gasteiger partial charge in [-0.2, -0.15) is 0 Å². The molecule has 0 unspecified atom stereocenters. The van der Waals surface area contributed by atoms with E-state index in [9.17, 15) is 9.59 Å². The van der Waals surface area contributed by atoms with Crippen molar-refractivity contribution in [2.45, 2.75) is 19.3 Å². The van der Waals surface area contributed by atoms with Gasteiger partial charge >= 0.3 is 0 Å². The lowest BCUT2D eigenvalue weighted by molar-refractivity contribution is -0.127. The Kier molecular flexibility index (Phi) is 5.60. The molecule has 1 saturated heterocycles. The average molecular weight is 325 g/mol. The summed E-state index contributed by atoms with van der Waals surface area (Å²) in [5.74, 6) is 0.670. The number of carbonyl (C=O) groups is 2. The maximum absolute atomic E-state index is 12.1. The van der Waals surface area contributed by atoms with E-state index in [0.717, 1.165) is 19.4 Å². The molecule has 1 aromatic rings. The highest BCUT2D eigenvalue weighted by molar-refractivity contribution is 6.29. The molecule has 0 saturated carbocycles. The fourth-order valence-corrected chi connectivity index (χ4v) is 2.56. The summed E-state index contributed by atoms with van der Waals surface area (Å²) in [5.41, 5.74) is 0.487. The number of nitrogens with one attached hydrogen (secondary N) is 1. The lowest BCUT2D eigenvalue weighted by atomic mass is 10.2. The van der Waals surface area contributed by atoms with E-state index in [1.165, 1.54) is 0 Å². The molecule has 22 heavy (non-hydrogen) atoms. The van der Waals surface area contributed by atoms with Gasteiger partial charge in [-0.25, -0.2) is 4.98 Å². The standard InChI is InChI=1S/C15H21ClN4O2/c1-19(2)13-10-11(9-12(16)18-13)15(22)17-6-4-8-20-7-3-5-14(20)21/h9-10H,3-8H2,1-2H3,(H,17,22). The van der Waals surface area contributed by atoms with Crippen LogP contribution in [0.5, 0.6) is 0 Å². The van der Waals surface area contributed by atoms with Gasteiger partial charge in [0.15, 0.2) is 0 Å². The van der Waals surface area contributed by atoms with E-state index < -0.39 is 0 Å². The van der Waals surface area contributed by atoms with Gasteiger partial charge in [0.25, 0.3) is 5.91 Å². The minimum Gasteiger partial charge on any atom is -0.363 e. The molecule has 1 fully saturated rings. The summed E-state index contributed by atoms with van der Waals surface area (Å²) in [6.07, 6.45) is 2.33. The predicted molar refractivity (Wildman–Crippen MR) is 86.3 cm³/mol. The summed E-state index contributed by atoms with van der Waals surface area (Å²) < 4.78 is 0. The average Bonchev–Trinajstić information content (AvgIpc) is 2.88. The first kappa shape index (κ1) is 16.5. The Labute approximate surface area is 135 Å². The minimum absolute atomic E-state index is 0.180. The lowest BCUT2D eigenvalue weighted by Gasteiger charge is -2.16. The van der Waals surface area contributed by atoms with Crippen molar-refractivity contribution in [3.63, 3.8) is 0 Å². The number of carbonyl (C=O) groups excluding carboxylic acids is 2. The van der Waals surface area contributed by atoms with Gasteiger partial charge in [0.05, 0.1) is 0 Å². The first-order valence-electron chi connectivity index (χ1n) is 7.38. The van der Waals surface area contributed by atoms with Gasteiger partial charge in [-0.15, -0.1) is 0 Å². The van der Waals surface area contributed by atoms with Gasteiger partial charge in [-0.3, -0.25) is 9.59 Å². The van der Waals surface area contributed by atoms with Crippen molar-refractivity contribution in [3.05, 3.63) is 22.8 Å². The topological polar surface area (TPSA) is 65.5 Å². The highest BCUT2D eigenvalue weighted by atomic mass is 35.5. The SMILES string of the molecule is CN(C)c1cc(C(=O)NCCCN2CCCC2=O)cc(Cl)n1. The Hall–Kier alpha value is -1.82. The Bertz CT molecular complexity index is 562. The zero-order chi connectivity index (χ0) is 16.1. The molecule has 0 atom stereocenters. The van der Waals surface area contributed by atoms with Crippen LogP contribution in [0, 0.1) is 0 Å². The van der Waals surface area contributed by atoms with E-state index in [4.69, 9.17) is 11.6 Å². The van der Waals surface area contributed by atoms with Gasteiger partial charge in [-0.1, -0.05) is 11.6 Å². The van der Waals surface area contributed by atoms with Crippen LogP contribution in [-0.2, 0) is 4.79 Å². The van der Waals surface area contributed by atoms with Crippen LogP contribution in [0.1, 0.15) is 29.6 Å². The van der Waals surface area contributed by atoms with E-state index in [0.29, 0.717) is 36.0 Å². The molecular formula is C15H21ClN4O2. The fourth-order valence-electron chi connectivity index (χ4n) is 2.36. The molecule has 2 amide bonds. The molecule has 1 aromatic heterocycles. The van der Waals surface area contributed by atoms with Crippen LogP contribution in [0.25, 0.3) is 0 Å². The van der Waals surface area contributed by atoms with Crippen LogP contribution < -0.4 is 10.2 Å². The third-order valence-electron chi connectivity index (χ3n) is 3.56. The third-order valence-corrected chi connectivity index (χ3v) is 3.76. The number of nitrogens with zero attached hydrogens (tertiary/aromatic N) is 3. The quantitative estimate of drug-likeness (QED) is 0.637. The number of likely N-dealkylation sites (tertiary alicyclic amines) is 1. The normalized spacial score (nSPS) is 14.3. The molecule has 120 valence electrons. The minimum atomic E-state index is -0.180. The molecule has 0 aromatic carbocycles. The number of rotatable bonds is 6.